The molecule has 0 aromatic heterocycles. The van der Waals surface area contributed by atoms with Gasteiger partial charge < -0.3 is 0 Å². The molecule has 0 radical (unpaired) electrons. The molecule has 1 unspecified atom stereocenters. The first-order valence-corrected chi connectivity index (χ1v) is 12.8. The van der Waals surface area contributed by atoms with E-state index in [9.17, 15) is 9.36 Å². The van der Waals surface area contributed by atoms with Gasteiger partial charge in [0.1, 0.15) is 0 Å². The SMILES string of the molecule is CCOP(=O)(OCC)[Se]C(C)(C(=O)c1ccccc1)c1ccccc1. The second kappa shape index (κ2) is 8.93. The molecule has 2 aromatic carbocycles. The van der Waals surface area contributed by atoms with Crippen molar-refractivity contribution in [3.63, 3.8) is 0 Å². The third-order valence-corrected chi connectivity index (χ3v) is 11.3. The van der Waals surface area contributed by atoms with Crippen LogP contribution in [0.4, 0.5) is 0 Å². The Bertz CT molecular complexity index is 726. The predicted molar refractivity (Wildman–Crippen MR) is 101 cm³/mol. The molecule has 25 heavy (non-hydrogen) atoms. The number of rotatable bonds is 9. The Morgan fingerprint density at radius 2 is 1.44 bits per heavy atom. The van der Waals surface area contributed by atoms with Gasteiger partial charge in [-0.2, -0.15) is 0 Å². The van der Waals surface area contributed by atoms with Gasteiger partial charge in [-0.25, -0.2) is 0 Å². The van der Waals surface area contributed by atoms with Crippen LogP contribution in [0.1, 0.15) is 36.7 Å². The Morgan fingerprint density at radius 3 is 1.92 bits per heavy atom. The van der Waals surface area contributed by atoms with Crippen molar-refractivity contribution in [2.24, 2.45) is 0 Å². The Hall–Kier alpha value is -1.22. The van der Waals surface area contributed by atoms with Crippen molar-refractivity contribution < 1.29 is 18.4 Å². The van der Waals surface area contributed by atoms with Gasteiger partial charge in [-0.3, -0.25) is 0 Å². The summed E-state index contributed by atoms with van der Waals surface area (Å²) in [6, 6.07) is 18.5. The first-order chi connectivity index (χ1) is 11.9. The standard InChI is InChI=1S/C19H23O4PSe/c1-4-22-24(21,23-5-2)25-19(3,17-14-10-7-11-15-17)18(20)16-12-8-6-9-13-16/h6-15H,4-5H2,1-3H3. The van der Waals surface area contributed by atoms with Gasteiger partial charge in [-0.1, -0.05) is 0 Å². The second-order valence-corrected chi connectivity index (χ2v) is 12.7. The molecule has 0 saturated heterocycles. The van der Waals surface area contributed by atoms with E-state index in [4.69, 9.17) is 9.05 Å². The van der Waals surface area contributed by atoms with Crippen LogP contribution < -0.4 is 0 Å². The fourth-order valence-electron chi connectivity index (χ4n) is 2.48. The normalized spacial score (nSPS) is 14.0. The van der Waals surface area contributed by atoms with Gasteiger partial charge >= 0.3 is 155 Å². The van der Waals surface area contributed by atoms with Crippen molar-refractivity contribution in [2.75, 3.05) is 13.2 Å². The van der Waals surface area contributed by atoms with Gasteiger partial charge in [-0.15, -0.1) is 0 Å². The maximum atomic E-state index is 13.3. The summed E-state index contributed by atoms with van der Waals surface area (Å²) in [6.45, 7) is 5.95. The van der Waals surface area contributed by atoms with Crippen LogP contribution in [0.3, 0.4) is 0 Å². The Labute approximate surface area is 155 Å². The fourth-order valence-corrected chi connectivity index (χ4v) is 10.4. The van der Waals surface area contributed by atoms with E-state index in [-0.39, 0.29) is 19.0 Å². The van der Waals surface area contributed by atoms with Gasteiger partial charge in [-0.05, 0) is 0 Å². The summed E-state index contributed by atoms with van der Waals surface area (Å²) in [5.74, 6) is -0.0704. The van der Waals surface area contributed by atoms with Gasteiger partial charge in [0.2, 0.25) is 0 Å². The maximum absolute atomic E-state index is 13.3. The summed E-state index contributed by atoms with van der Waals surface area (Å²) in [5.41, 5.74) is 1.42. The molecule has 0 aliphatic rings. The zero-order chi connectivity index (χ0) is 18.3. The number of carbonyl (C=O) groups is 1. The van der Waals surface area contributed by atoms with E-state index in [1.165, 1.54) is 0 Å². The Balaban J connectivity index is 2.50. The Morgan fingerprint density at radius 1 is 0.960 bits per heavy atom. The van der Waals surface area contributed by atoms with Gasteiger partial charge in [0.15, 0.2) is 0 Å². The van der Waals surface area contributed by atoms with Crippen LogP contribution in [0.5, 0.6) is 0 Å². The molecule has 0 spiro atoms. The molecule has 134 valence electrons. The molecule has 0 heterocycles. The molecule has 4 nitrogen and oxygen atoms in total. The number of carbonyl (C=O) groups excluding carboxylic acids is 1. The van der Waals surface area contributed by atoms with Gasteiger partial charge in [0, 0.05) is 0 Å². The number of benzene rings is 2. The summed E-state index contributed by atoms with van der Waals surface area (Å²) >= 11 is -0.722. The van der Waals surface area contributed by atoms with E-state index in [1.807, 2.05) is 55.5 Å². The van der Waals surface area contributed by atoms with Gasteiger partial charge in [0.05, 0.1) is 0 Å². The van der Waals surface area contributed by atoms with Crippen molar-refractivity contribution >= 4 is 26.6 Å². The monoisotopic (exact) mass is 426 g/mol. The molecule has 1 atom stereocenters. The molecule has 0 saturated carbocycles. The summed E-state index contributed by atoms with van der Waals surface area (Å²) in [4.78, 5) is 13.3. The minimum atomic E-state index is -3.34. The van der Waals surface area contributed by atoms with Crippen LogP contribution in [-0.2, 0) is 17.9 Å². The molecular formula is C19H23O4PSe. The van der Waals surface area contributed by atoms with Crippen LogP contribution in [0.2, 0.25) is 0 Å². The molecule has 0 N–H and O–H groups in total. The molecular weight excluding hydrogens is 402 g/mol. The van der Waals surface area contributed by atoms with Crippen LogP contribution in [0.15, 0.2) is 60.7 Å². The van der Waals surface area contributed by atoms with Crippen LogP contribution >= 0.6 is 6.29 Å². The summed E-state index contributed by atoms with van der Waals surface area (Å²) < 4.78 is 23.2. The van der Waals surface area contributed by atoms with E-state index >= 15 is 0 Å². The van der Waals surface area contributed by atoms with Crippen molar-refractivity contribution in [1.29, 1.82) is 0 Å². The van der Waals surface area contributed by atoms with Crippen LogP contribution in [0, 0.1) is 0 Å². The number of hydrogen-bond acceptors (Lipinski definition) is 4. The van der Waals surface area contributed by atoms with Crippen LogP contribution in [0.25, 0.3) is 0 Å². The molecule has 0 amide bonds. The summed E-state index contributed by atoms with van der Waals surface area (Å²) in [7, 11) is 0. The summed E-state index contributed by atoms with van der Waals surface area (Å²) in [5, 5.41) is 0. The third-order valence-electron chi connectivity index (χ3n) is 3.66. The minimum absolute atomic E-state index is 0.0704. The fraction of sp³-hybridized carbons (Fsp3) is 0.316. The zero-order valence-corrected chi connectivity index (χ0v) is 17.3. The number of Topliss-reactive ketones (excluding diaryl/α,β-unsaturated/α-hetero) is 1. The molecule has 0 fully saturated rings. The van der Waals surface area contributed by atoms with Crippen molar-refractivity contribution in [2.45, 2.75) is 25.1 Å². The molecule has 6 heteroatoms. The average molecular weight is 425 g/mol. The van der Waals surface area contributed by atoms with Gasteiger partial charge in [0.25, 0.3) is 0 Å². The molecule has 2 rings (SSSR count). The topological polar surface area (TPSA) is 52.6 Å². The van der Waals surface area contributed by atoms with Crippen molar-refractivity contribution in [1.82, 2.24) is 0 Å². The van der Waals surface area contributed by atoms with E-state index in [0.29, 0.717) is 5.56 Å². The first kappa shape index (κ1) is 20.1. The summed E-state index contributed by atoms with van der Waals surface area (Å²) in [6.07, 6.45) is -3.34. The molecule has 0 aliphatic carbocycles. The van der Waals surface area contributed by atoms with E-state index < -0.39 is 25.1 Å². The quantitative estimate of drug-likeness (QED) is 0.333. The van der Waals surface area contributed by atoms with E-state index in [0.717, 1.165) is 5.56 Å². The molecule has 0 aliphatic heterocycles. The number of ketones is 1. The molecule has 2 aromatic rings. The molecule has 0 bridgehead atoms. The second-order valence-electron chi connectivity index (χ2n) is 5.47. The predicted octanol–water partition coefficient (Wildman–Crippen LogP) is 4.67. The Kier molecular flexibility index (Phi) is 7.18. The van der Waals surface area contributed by atoms with E-state index in [1.54, 1.807) is 26.0 Å². The third kappa shape index (κ3) is 4.91. The zero-order valence-electron chi connectivity index (χ0n) is 14.7. The van der Waals surface area contributed by atoms with Crippen molar-refractivity contribution in [3.8, 4) is 0 Å². The van der Waals surface area contributed by atoms with Crippen LogP contribution in [-0.4, -0.2) is 33.5 Å². The van der Waals surface area contributed by atoms with Crippen molar-refractivity contribution in [3.05, 3.63) is 71.8 Å². The number of hydrogen-bond donors (Lipinski definition) is 0. The van der Waals surface area contributed by atoms with E-state index in [2.05, 4.69) is 0 Å². The first-order valence-electron chi connectivity index (χ1n) is 8.20. The average Bonchev–Trinajstić information content (AvgIpc) is 2.62.